The number of aromatic nitrogens is 1. The average Bonchev–Trinajstić information content (AvgIpc) is 3.28. The van der Waals surface area contributed by atoms with E-state index in [9.17, 15) is 4.79 Å². The van der Waals surface area contributed by atoms with Crippen LogP contribution in [0.1, 0.15) is 27.7 Å². The molecule has 28 heavy (non-hydrogen) atoms. The predicted molar refractivity (Wildman–Crippen MR) is 115 cm³/mol. The zero-order valence-electron chi connectivity index (χ0n) is 17.5. The Balaban J connectivity index is 1.64. The summed E-state index contributed by atoms with van der Waals surface area (Å²) >= 11 is 1.79. The van der Waals surface area contributed by atoms with E-state index in [1.54, 1.807) is 11.3 Å². The van der Waals surface area contributed by atoms with Gasteiger partial charge in [0.25, 0.3) is 0 Å². The van der Waals surface area contributed by atoms with Gasteiger partial charge in [-0.1, -0.05) is 24.3 Å². The summed E-state index contributed by atoms with van der Waals surface area (Å²) in [6, 6.07) is 8.71. The smallest absolute Gasteiger partial charge is 0.237 e. The van der Waals surface area contributed by atoms with Gasteiger partial charge >= 0.3 is 0 Å². The van der Waals surface area contributed by atoms with Crippen LogP contribution in [-0.4, -0.2) is 61.0 Å². The zero-order chi connectivity index (χ0) is 20.0. The van der Waals surface area contributed by atoms with Crippen LogP contribution >= 0.6 is 11.3 Å². The second kappa shape index (κ2) is 7.48. The van der Waals surface area contributed by atoms with Gasteiger partial charge in [0.2, 0.25) is 5.91 Å². The number of anilines is 1. The standard InChI is InChI=1S/C22H30N4OS/c1-14-8-6-7-9-18(14)21-19-12-25(22-23-15(2)16(3)28-22)10-17(19)11-26(21)20(27)13-24(4)5/h6-9,17,19,21H,10-13H2,1-5H3/t17-,19-,21+/m1/s1. The van der Waals surface area contributed by atoms with E-state index in [1.807, 2.05) is 19.0 Å². The summed E-state index contributed by atoms with van der Waals surface area (Å²) in [4.78, 5) is 25.7. The third-order valence-electron chi connectivity index (χ3n) is 6.23. The molecule has 0 spiro atoms. The van der Waals surface area contributed by atoms with E-state index in [0.29, 0.717) is 18.4 Å². The number of thiazole rings is 1. The van der Waals surface area contributed by atoms with Crippen LogP contribution < -0.4 is 4.90 Å². The monoisotopic (exact) mass is 398 g/mol. The van der Waals surface area contributed by atoms with E-state index in [2.05, 4.69) is 54.8 Å². The Bertz CT molecular complexity index is 858. The molecule has 2 saturated heterocycles. The van der Waals surface area contributed by atoms with Crippen LogP contribution in [0.3, 0.4) is 0 Å². The molecule has 1 aromatic heterocycles. The molecule has 0 bridgehead atoms. The lowest BCUT2D eigenvalue weighted by Gasteiger charge is -2.31. The highest BCUT2D eigenvalue weighted by Gasteiger charge is 2.49. The van der Waals surface area contributed by atoms with Crippen molar-refractivity contribution in [3.8, 4) is 0 Å². The number of likely N-dealkylation sites (N-methyl/N-ethyl adjacent to an activating group) is 1. The third kappa shape index (κ3) is 3.44. The molecule has 6 heteroatoms. The summed E-state index contributed by atoms with van der Waals surface area (Å²) in [6.45, 7) is 9.67. The molecule has 150 valence electrons. The first-order chi connectivity index (χ1) is 13.3. The maximum atomic E-state index is 13.0. The van der Waals surface area contributed by atoms with Crippen molar-refractivity contribution in [3.63, 3.8) is 0 Å². The van der Waals surface area contributed by atoms with Gasteiger partial charge in [-0.2, -0.15) is 0 Å². The third-order valence-corrected chi connectivity index (χ3v) is 7.36. The topological polar surface area (TPSA) is 39.7 Å². The van der Waals surface area contributed by atoms with E-state index in [4.69, 9.17) is 4.98 Å². The van der Waals surface area contributed by atoms with Crippen molar-refractivity contribution in [3.05, 3.63) is 46.0 Å². The summed E-state index contributed by atoms with van der Waals surface area (Å²) in [5, 5.41) is 1.14. The second-order valence-corrected chi connectivity index (χ2v) is 9.73. The van der Waals surface area contributed by atoms with Crippen LogP contribution in [0.15, 0.2) is 24.3 Å². The Morgan fingerprint density at radius 3 is 2.57 bits per heavy atom. The largest absolute Gasteiger partial charge is 0.347 e. The molecule has 0 saturated carbocycles. The summed E-state index contributed by atoms with van der Waals surface area (Å²) < 4.78 is 0. The number of aryl methyl sites for hydroxylation is 3. The molecule has 3 heterocycles. The van der Waals surface area contributed by atoms with Crippen molar-refractivity contribution in [2.45, 2.75) is 26.8 Å². The average molecular weight is 399 g/mol. The molecule has 4 rings (SSSR count). The van der Waals surface area contributed by atoms with E-state index in [-0.39, 0.29) is 11.9 Å². The van der Waals surface area contributed by atoms with Gasteiger partial charge in [-0.3, -0.25) is 4.79 Å². The Labute approximate surface area is 172 Å². The van der Waals surface area contributed by atoms with Gasteiger partial charge in [-0.25, -0.2) is 4.98 Å². The first kappa shape index (κ1) is 19.4. The molecule has 0 N–H and O–H groups in total. The normalized spacial score (nSPS) is 24.3. The predicted octanol–water partition coefficient (Wildman–Crippen LogP) is 3.27. The van der Waals surface area contributed by atoms with E-state index >= 15 is 0 Å². The minimum Gasteiger partial charge on any atom is -0.347 e. The van der Waals surface area contributed by atoms with Gasteiger partial charge in [-0.05, 0) is 46.0 Å². The van der Waals surface area contributed by atoms with Crippen molar-refractivity contribution >= 4 is 22.4 Å². The quantitative estimate of drug-likeness (QED) is 0.793. The van der Waals surface area contributed by atoms with Crippen LogP contribution in [0.4, 0.5) is 5.13 Å². The molecule has 0 unspecified atom stereocenters. The number of amides is 1. The lowest BCUT2D eigenvalue weighted by molar-refractivity contribution is -0.133. The van der Waals surface area contributed by atoms with E-state index in [1.165, 1.54) is 16.0 Å². The van der Waals surface area contributed by atoms with E-state index < -0.39 is 0 Å². The number of benzene rings is 1. The fourth-order valence-corrected chi connectivity index (χ4v) is 5.66. The first-order valence-electron chi connectivity index (χ1n) is 10.0. The van der Waals surface area contributed by atoms with Crippen LogP contribution in [0.25, 0.3) is 0 Å². The molecule has 2 aliphatic rings. The second-order valence-electron chi connectivity index (χ2n) is 8.55. The number of rotatable bonds is 4. The van der Waals surface area contributed by atoms with Gasteiger partial charge in [-0.15, -0.1) is 11.3 Å². The Morgan fingerprint density at radius 1 is 1.18 bits per heavy atom. The molecule has 2 aromatic rings. The van der Waals surface area contributed by atoms with Gasteiger partial charge in [0.1, 0.15) is 0 Å². The molecular weight excluding hydrogens is 368 g/mol. The maximum absolute atomic E-state index is 13.0. The molecule has 5 nitrogen and oxygen atoms in total. The molecule has 0 aliphatic carbocycles. The Morgan fingerprint density at radius 2 is 1.93 bits per heavy atom. The van der Waals surface area contributed by atoms with Gasteiger partial charge < -0.3 is 14.7 Å². The SMILES string of the molecule is Cc1ccccc1[C@H]1[C@@H]2CN(c3nc(C)c(C)s3)C[C@@H]2CN1C(=O)CN(C)C. The molecular formula is C22H30N4OS. The van der Waals surface area contributed by atoms with E-state index in [0.717, 1.165) is 30.5 Å². The Kier molecular flexibility index (Phi) is 5.19. The van der Waals surface area contributed by atoms with Crippen LogP contribution in [0, 0.1) is 32.6 Å². The minimum absolute atomic E-state index is 0.158. The summed E-state index contributed by atoms with van der Waals surface area (Å²) in [6.07, 6.45) is 0. The highest BCUT2D eigenvalue weighted by molar-refractivity contribution is 7.15. The highest BCUT2D eigenvalue weighted by atomic mass is 32.1. The van der Waals surface area contributed by atoms with Crippen molar-refractivity contribution in [1.29, 1.82) is 0 Å². The summed E-state index contributed by atoms with van der Waals surface area (Å²) in [5.74, 6) is 1.19. The number of likely N-dealkylation sites (tertiary alicyclic amines) is 1. The number of nitrogens with zero attached hydrogens (tertiary/aromatic N) is 4. The van der Waals surface area contributed by atoms with Crippen LogP contribution in [0.2, 0.25) is 0 Å². The Hall–Kier alpha value is -1.92. The van der Waals surface area contributed by atoms with Gasteiger partial charge in [0.05, 0.1) is 18.3 Å². The number of carbonyl (C=O) groups excluding carboxylic acids is 1. The molecule has 3 atom stereocenters. The molecule has 1 amide bonds. The van der Waals surface area contributed by atoms with Crippen LogP contribution in [-0.2, 0) is 4.79 Å². The summed E-state index contributed by atoms with van der Waals surface area (Å²) in [7, 11) is 3.93. The summed E-state index contributed by atoms with van der Waals surface area (Å²) in [5.41, 5.74) is 3.71. The number of hydrogen-bond donors (Lipinski definition) is 0. The lowest BCUT2D eigenvalue weighted by Crippen LogP contribution is -2.40. The fraction of sp³-hybridized carbons (Fsp3) is 0.545. The van der Waals surface area contributed by atoms with Crippen LogP contribution in [0.5, 0.6) is 0 Å². The highest BCUT2D eigenvalue weighted by Crippen LogP contribution is 2.47. The number of hydrogen-bond acceptors (Lipinski definition) is 5. The minimum atomic E-state index is 0.158. The lowest BCUT2D eigenvalue weighted by atomic mass is 9.87. The van der Waals surface area contributed by atoms with Crippen molar-refractivity contribution in [2.24, 2.45) is 11.8 Å². The van der Waals surface area contributed by atoms with Gasteiger partial charge in [0, 0.05) is 36.3 Å². The molecule has 2 fully saturated rings. The molecule has 1 aromatic carbocycles. The molecule has 0 radical (unpaired) electrons. The number of fused-ring (bicyclic) bond motifs is 1. The molecule has 2 aliphatic heterocycles. The zero-order valence-corrected chi connectivity index (χ0v) is 18.3. The fourth-order valence-electron chi connectivity index (χ4n) is 4.73. The van der Waals surface area contributed by atoms with Gasteiger partial charge in [0.15, 0.2) is 5.13 Å². The maximum Gasteiger partial charge on any atom is 0.237 e. The van der Waals surface area contributed by atoms with Crippen molar-refractivity contribution in [2.75, 3.05) is 45.2 Å². The van der Waals surface area contributed by atoms with Crippen molar-refractivity contribution in [1.82, 2.24) is 14.8 Å². The van der Waals surface area contributed by atoms with Crippen molar-refractivity contribution < 1.29 is 4.79 Å². The number of carbonyl (C=O) groups is 1. The first-order valence-corrected chi connectivity index (χ1v) is 10.9.